The van der Waals surface area contributed by atoms with Crippen LogP contribution < -0.4 is 0 Å². The summed E-state index contributed by atoms with van der Waals surface area (Å²) in [6.45, 7) is 0. The number of ketones is 1. The van der Waals surface area contributed by atoms with Crippen molar-refractivity contribution in [2.75, 3.05) is 0 Å². The van der Waals surface area contributed by atoms with E-state index in [0.717, 1.165) is 6.07 Å². The van der Waals surface area contributed by atoms with E-state index in [1.807, 2.05) is 0 Å². The van der Waals surface area contributed by atoms with Crippen LogP contribution in [0.5, 0.6) is 0 Å². The van der Waals surface area contributed by atoms with E-state index in [2.05, 4.69) is 0 Å². The summed E-state index contributed by atoms with van der Waals surface area (Å²) in [7, 11) is 0. The van der Waals surface area contributed by atoms with Gasteiger partial charge in [-0.25, -0.2) is 13.6 Å². The molecule has 4 nitrogen and oxygen atoms in total. The number of halogens is 2. The third-order valence-electron chi connectivity index (χ3n) is 2.57. The molecular formula is C10H6F2O4. The number of carbonyl (C=O) groups is 2. The van der Waals surface area contributed by atoms with Crippen molar-refractivity contribution in [3.8, 4) is 0 Å². The van der Waals surface area contributed by atoms with Crippen LogP contribution in [0.1, 0.15) is 15.9 Å². The van der Waals surface area contributed by atoms with Crippen LogP contribution in [0.4, 0.5) is 8.78 Å². The predicted molar refractivity (Wildman–Crippen MR) is 47.0 cm³/mol. The number of aliphatic hydroxyl groups is 1. The van der Waals surface area contributed by atoms with Gasteiger partial charge in [-0.05, 0) is 17.7 Å². The van der Waals surface area contributed by atoms with E-state index in [4.69, 9.17) is 5.11 Å². The number of benzene rings is 1. The highest BCUT2D eigenvalue weighted by molar-refractivity contribution is 6.18. The molecule has 1 aromatic rings. The Balaban J connectivity index is 2.59. The maximum absolute atomic E-state index is 12.8. The number of Topliss-reactive ketones (excluding diaryl/α,β-unsaturated/α-hetero) is 1. The molecule has 0 aromatic heterocycles. The maximum atomic E-state index is 12.8. The van der Waals surface area contributed by atoms with Gasteiger partial charge in [-0.1, -0.05) is 0 Å². The number of carbonyl (C=O) groups excluding carboxylic acids is 1. The van der Waals surface area contributed by atoms with Crippen LogP contribution in [0, 0.1) is 11.6 Å². The molecule has 0 amide bonds. The Kier molecular flexibility index (Phi) is 2.06. The Bertz CT molecular complexity index is 512. The molecule has 0 fully saturated rings. The molecule has 1 unspecified atom stereocenters. The molecule has 0 saturated heterocycles. The SMILES string of the molecule is O=C(O)C1(O)Cc2cc(F)c(F)cc2C1=O. The third kappa shape index (κ3) is 1.23. The minimum absolute atomic E-state index is 0.00574. The van der Waals surface area contributed by atoms with Crippen molar-refractivity contribution in [2.24, 2.45) is 0 Å². The topological polar surface area (TPSA) is 74.6 Å². The molecule has 0 spiro atoms. The molecule has 2 rings (SSSR count). The van der Waals surface area contributed by atoms with Gasteiger partial charge in [0.2, 0.25) is 11.4 Å². The molecule has 0 radical (unpaired) electrons. The van der Waals surface area contributed by atoms with E-state index in [-0.39, 0.29) is 11.1 Å². The molecule has 6 heteroatoms. The highest BCUT2D eigenvalue weighted by Gasteiger charge is 2.50. The fraction of sp³-hybridized carbons (Fsp3) is 0.200. The lowest BCUT2D eigenvalue weighted by Crippen LogP contribution is -2.44. The number of hydrogen-bond acceptors (Lipinski definition) is 3. The highest BCUT2D eigenvalue weighted by Crippen LogP contribution is 2.31. The van der Waals surface area contributed by atoms with Gasteiger partial charge in [0.25, 0.3) is 0 Å². The summed E-state index contributed by atoms with van der Waals surface area (Å²) < 4.78 is 25.7. The van der Waals surface area contributed by atoms with E-state index >= 15 is 0 Å². The van der Waals surface area contributed by atoms with Gasteiger partial charge < -0.3 is 10.2 Å². The lowest BCUT2D eigenvalue weighted by atomic mass is 10.00. The number of aliphatic carboxylic acids is 1. The molecule has 2 N–H and O–H groups in total. The molecule has 0 heterocycles. The minimum atomic E-state index is -2.61. The number of fused-ring (bicyclic) bond motifs is 1. The first-order valence-corrected chi connectivity index (χ1v) is 4.35. The van der Waals surface area contributed by atoms with Crippen molar-refractivity contribution in [1.29, 1.82) is 0 Å². The Labute approximate surface area is 88.1 Å². The number of hydrogen-bond donors (Lipinski definition) is 2. The van der Waals surface area contributed by atoms with Gasteiger partial charge in [0, 0.05) is 12.0 Å². The lowest BCUT2D eigenvalue weighted by Gasteiger charge is -2.13. The number of carboxylic acid groups (broad SMARTS) is 1. The summed E-state index contributed by atoms with van der Waals surface area (Å²) in [5.74, 6) is -5.27. The smallest absolute Gasteiger partial charge is 0.344 e. The van der Waals surface area contributed by atoms with E-state index in [9.17, 15) is 23.5 Å². The van der Waals surface area contributed by atoms with Crippen LogP contribution in [-0.2, 0) is 11.2 Å². The summed E-state index contributed by atoms with van der Waals surface area (Å²) in [6, 6.07) is 1.33. The van der Waals surface area contributed by atoms with Gasteiger partial charge in [-0.2, -0.15) is 0 Å². The van der Waals surface area contributed by atoms with E-state index < -0.39 is 35.4 Å². The second kappa shape index (κ2) is 3.08. The minimum Gasteiger partial charge on any atom is -0.479 e. The average Bonchev–Trinajstić information content (AvgIpc) is 2.43. The maximum Gasteiger partial charge on any atom is 0.344 e. The van der Waals surface area contributed by atoms with Crippen LogP contribution in [0.2, 0.25) is 0 Å². The molecule has 0 saturated carbocycles. The Morgan fingerprint density at radius 3 is 2.44 bits per heavy atom. The summed E-state index contributed by atoms with van der Waals surface area (Å²) in [4.78, 5) is 22.2. The van der Waals surface area contributed by atoms with E-state index in [1.54, 1.807) is 0 Å². The lowest BCUT2D eigenvalue weighted by molar-refractivity contribution is -0.152. The largest absolute Gasteiger partial charge is 0.479 e. The van der Waals surface area contributed by atoms with Gasteiger partial charge in [0.05, 0.1) is 0 Å². The Morgan fingerprint density at radius 2 is 1.88 bits per heavy atom. The van der Waals surface area contributed by atoms with Gasteiger partial charge >= 0.3 is 5.97 Å². The summed E-state index contributed by atoms with van der Waals surface area (Å²) in [5.41, 5.74) is -2.90. The zero-order valence-electron chi connectivity index (χ0n) is 7.83. The van der Waals surface area contributed by atoms with Crippen molar-refractivity contribution in [3.63, 3.8) is 0 Å². The van der Waals surface area contributed by atoms with Crippen molar-refractivity contribution in [2.45, 2.75) is 12.0 Å². The normalized spacial score (nSPS) is 23.3. The van der Waals surface area contributed by atoms with Gasteiger partial charge in [0.15, 0.2) is 11.6 Å². The van der Waals surface area contributed by atoms with Crippen LogP contribution in [0.25, 0.3) is 0 Å². The number of carboxylic acids is 1. The molecule has 0 aliphatic heterocycles. The first-order chi connectivity index (χ1) is 7.36. The van der Waals surface area contributed by atoms with Crippen LogP contribution >= 0.6 is 0 Å². The van der Waals surface area contributed by atoms with Crippen molar-refractivity contribution in [3.05, 3.63) is 34.9 Å². The average molecular weight is 228 g/mol. The van der Waals surface area contributed by atoms with E-state index in [1.165, 1.54) is 0 Å². The number of rotatable bonds is 1. The van der Waals surface area contributed by atoms with Crippen LogP contribution in [0.3, 0.4) is 0 Å². The van der Waals surface area contributed by atoms with Crippen LogP contribution in [-0.4, -0.2) is 27.6 Å². The molecule has 1 aliphatic rings. The Morgan fingerprint density at radius 1 is 1.31 bits per heavy atom. The monoisotopic (exact) mass is 228 g/mol. The van der Waals surface area contributed by atoms with Gasteiger partial charge in [-0.3, -0.25) is 4.79 Å². The molecule has 1 aromatic carbocycles. The molecule has 84 valence electrons. The predicted octanol–water partition coefficient (Wildman–Crippen LogP) is 0.519. The third-order valence-corrected chi connectivity index (χ3v) is 2.57. The summed E-state index contributed by atoms with van der Waals surface area (Å²) in [5, 5.41) is 18.2. The van der Waals surface area contributed by atoms with Crippen molar-refractivity contribution >= 4 is 11.8 Å². The zero-order valence-corrected chi connectivity index (χ0v) is 7.83. The highest BCUT2D eigenvalue weighted by atomic mass is 19.2. The summed E-state index contributed by atoms with van der Waals surface area (Å²) in [6.07, 6.45) is -0.548. The quantitative estimate of drug-likeness (QED) is 0.687. The van der Waals surface area contributed by atoms with Crippen molar-refractivity contribution in [1.82, 2.24) is 0 Å². The first-order valence-electron chi connectivity index (χ1n) is 4.35. The first kappa shape index (κ1) is 10.7. The second-order valence-corrected chi connectivity index (χ2v) is 3.59. The second-order valence-electron chi connectivity index (χ2n) is 3.59. The zero-order chi connectivity index (χ0) is 12.1. The molecule has 0 bridgehead atoms. The van der Waals surface area contributed by atoms with E-state index in [0.29, 0.717) is 6.07 Å². The van der Waals surface area contributed by atoms with Crippen molar-refractivity contribution < 1.29 is 28.6 Å². The molecular weight excluding hydrogens is 222 g/mol. The standard InChI is InChI=1S/C10H6F2O4/c11-6-1-4-3-10(16,9(14)15)8(13)5(4)2-7(6)12/h1-2,16H,3H2,(H,14,15). The fourth-order valence-electron chi connectivity index (χ4n) is 1.70. The molecule has 1 atom stereocenters. The molecule has 16 heavy (non-hydrogen) atoms. The fourth-order valence-corrected chi connectivity index (χ4v) is 1.70. The van der Waals surface area contributed by atoms with Gasteiger partial charge in [-0.15, -0.1) is 0 Å². The molecule has 1 aliphatic carbocycles. The van der Waals surface area contributed by atoms with Crippen LogP contribution in [0.15, 0.2) is 12.1 Å². The van der Waals surface area contributed by atoms with Gasteiger partial charge in [0.1, 0.15) is 0 Å². The Hall–Kier alpha value is -1.82. The summed E-state index contributed by atoms with van der Waals surface area (Å²) >= 11 is 0.